The molecule has 0 radical (unpaired) electrons. The highest BCUT2D eigenvalue weighted by molar-refractivity contribution is 7.99. The Morgan fingerprint density at radius 1 is 1.12 bits per heavy atom. The van der Waals surface area contributed by atoms with E-state index >= 15 is 0 Å². The van der Waals surface area contributed by atoms with Crippen LogP contribution >= 0.6 is 0 Å². The minimum Gasteiger partial charge on any atom is -0.497 e. The van der Waals surface area contributed by atoms with Gasteiger partial charge in [-0.1, -0.05) is 0 Å². The average Bonchev–Trinajstić information content (AvgIpc) is 2.63. The molecule has 26 heavy (non-hydrogen) atoms. The molecule has 0 spiro atoms. The third-order valence-electron chi connectivity index (χ3n) is 3.98. The minimum atomic E-state index is -2.57. The number of hydrogen-bond donors (Lipinski definition) is 0. The van der Waals surface area contributed by atoms with Gasteiger partial charge in [0.25, 0.3) is 5.56 Å². The molecule has 0 aliphatic rings. The van der Waals surface area contributed by atoms with Crippen LogP contribution in [0.1, 0.15) is 0 Å². The van der Waals surface area contributed by atoms with Gasteiger partial charge in [-0.25, -0.2) is 9.97 Å². The van der Waals surface area contributed by atoms with Crippen molar-refractivity contribution in [3.8, 4) is 22.6 Å². The van der Waals surface area contributed by atoms with E-state index in [9.17, 15) is 9.00 Å². The Morgan fingerprint density at radius 2 is 1.73 bits per heavy atom. The first-order chi connectivity index (χ1) is 12.2. The van der Waals surface area contributed by atoms with Crippen LogP contribution in [0.15, 0.2) is 40.4 Å². The largest absolute Gasteiger partial charge is 0.497 e. The number of aromatic nitrogens is 3. The van der Waals surface area contributed by atoms with Gasteiger partial charge in [-0.05, 0) is 29.6 Å². The van der Waals surface area contributed by atoms with Gasteiger partial charge in [-0.3, -0.25) is 13.6 Å². The summed E-state index contributed by atoms with van der Waals surface area (Å²) in [5.41, 5.74) is 1.27. The molecule has 0 saturated carbocycles. The standard InChI is InChI=1S/C18H19N3O4S/c1-21-16-12(10-19-18(20-16)26(4,5)23)8-15(17(21)22)11-6-13(24-2)9-14(7-11)25-3/h6-10H,4H2,1-3,5H3. The van der Waals surface area contributed by atoms with E-state index in [0.717, 1.165) is 0 Å². The zero-order chi connectivity index (χ0) is 19.1. The molecule has 7 nitrogen and oxygen atoms in total. The lowest BCUT2D eigenvalue weighted by Crippen LogP contribution is -2.20. The van der Waals surface area contributed by atoms with Gasteiger partial charge in [0, 0.05) is 46.0 Å². The summed E-state index contributed by atoms with van der Waals surface area (Å²) in [4.78, 5) is 21.3. The molecule has 2 aromatic heterocycles. The van der Waals surface area contributed by atoms with Crippen LogP contribution in [0.2, 0.25) is 0 Å². The van der Waals surface area contributed by atoms with Crippen LogP contribution in [0.5, 0.6) is 11.5 Å². The fourth-order valence-electron chi connectivity index (χ4n) is 2.61. The second kappa shape index (κ2) is 6.45. The van der Waals surface area contributed by atoms with Gasteiger partial charge in [-0.2, -0.15) is 0 Å². The monoisotopic (exact) mass is 373 g/mol. The van der Waals surface area contributed by atoms with Crippen LogP contribution in [-0.2, 0) is 16.6 Å². The second-order valence-electron chi connectivity index (χ2n) is 5.96. The van der Waals surface area contributed by atoms with E-state index in [0.29, 0.717) is 33.7 Å². The molecule has 1 atom stereocenters. The van der Waals surface area contributed by atoms with E-state index in [1.165, 1.54) is 10.8 Å². The summed E-state index contributed by atoms with van der Waals surface area (Å²) in [6.07, 6.45) is 3.01. The van der Waals surface area contributed by atoms with Gasteiger partial charge in [0.05, 0.1) is 14.2 Å². The molecule has 0 aliphatic carbocycles. The number of hydrogen-bond acceptors (Lipinski definition) is 6. The first-order valence-electron chi connectivity index (χ1n) is 7.67. The molecular formula is C18H19N3O4S. The summed E-state index contributed by atoms with van der Waals surface area (Å²) in [5, 5.41) is 0.770. The summed E-state index contributed by atoms with van der Waals surface area (Å²) in [7, 11) is 2.14. The number of fused-ring (bicyclic) bond motifs is 1. The molecule has 0 amide bonds. The van der Waals surface area contributed by atoms with E-state index < -0.39 is 9.52 Å². The van der Waals surface area contributed by atoms with Crippen LogP contribution in [0.3, 0.4) is 0 Å². The normalized spacial score (nSPS) is 13.4. The van der Waals surface area contributed by atoms with E-state index in [4.69, 9.17) is 9.47 Å². The molecule has 3 rings (SSSR count). The van der Waals surface area contributed by atoms with Crippen molar-refractivity contribution in [2.24, 2.45) is 7.05 Å². The Morgan fingerprint density at radius 3 is 2.27 bits per heavy atom. The van der Waals surface area contributed by atoms with Crippen LogP contribution in [-0.4, -0.2) is 45.1 Å². The highest BCUT2D eigenvalue weighted by Crippen LogP contribution is 2.29. The lowest BCUT2D eigenvalue weighted by atomic mass is 10.1. The predicted octanol–water partition coefficient (Wildman–Crippen LogP) is 1.72. The molecule has 3 aromatic rings. The van der Waals surface area contributed by atoms with Crippen LogP contribution < -0.4 is 15.0 Å². The summed E-state index contributed by atoms with van der Waals surface area (Å²) < 4.78 is 24.1. The maximum Gasteiger partial charge on any atom is 0.259 e. The maximum absolute atomic E-state index is 12.9. The SMILES string of the molecule is C=S(C)(=O)c1ncc2cc(-c3cc(OC)cc(OC)c3)c(=O)n(C)c2n1. The van der Waals surface area contributed by atoms with E-state index in [-0.39, 0.29) is 10.7 Å². The lowest BCUT2D eigenvalue weighted by molar-refractivity contribution is 0.394. The number of rotatable bonds is 4. The zero-order valence-electron chi connectivity index (χ0n) is 15.0. The predicted molar refractivity (Wildman–Crippen MR) is 103 cm³/mol. The van der Waals surface area contributed by atoms with Gasteiger partial charge in [0.15, 0.2) is 0 Å². The number of ether oxygens (including phenoxy) is 2. The average molecular weight is 373 g/mol. The van der Waals surface area contributed by atoms with E-state index in [1.807, 2.05) is 0 Å². The molecule has 1 aromatic carbocycles. The molecule has 0 aliphatic heterocycles. The summed E-state index contributed by atoms with van der Waals surface area (Å²) in [6, 6.07) is 6.96. The Kier molecular flexibility index (Phi) is 4.45. The van der Waals surface area contributed by atoms with Crippen molar-refractivity contribution in [3.63, 3.8) is 0 Å². The lowest BCUT2D eigenvalue weighted by Gasteiger charge is -2.12. The number of aryl methyl sites for hydroxylation is 1. The quantitative estimate of drug-likeness (QED) is 0.511. The maximum atomic E-state index is 12.9. The number of nitrogens with zero attached hydrogens (tertiary/aromatic N) is 3. The van der Waals surface area contributed by atoms with Crippen LogP contribution in [0.4, 0.5) is 0 Å². The van der Waals surface area contributed by atoms with Gasteiger partial charge < -0.3 is 9.47 Å². The number of methoxy groups -OCH3 is 2. The highest BCUT2D eigenvalue weighted by atomic mass is 32.2. The fourth-order valence-corrected chi connectivity index (χ4v) is 3.16. The van der Waals surface area contributed by atoms with Gasteiger partial charge in [0.2, 0.25) is 5.16 Å². The molecule has 0 saturated heterocycles. The summed E-state index contributed by atoms with van der Waals surface area (Å²) in [6.45, 7) is 0. The molecule has 2 heterocycles. The topological polar surface area (TPSA) is 83.3 Å². The van der Waals surface area contributed by atoms with E-state index in [1.54, 1.807) is 51.7 Å². The van der Waals surface area contributed by atoms with Gasteiger partial charge in [0.1, 0.15) is 17.1 Å². The first-order valence-corrected chi connectivity index (χ1v) is 9.80. The first kappa shape index (κ1) is 17.9. The van der Waals surface area contributed by atoms with Crippen molar-refractivity contribution in [1.82, 2.24) is 14.5 Å². The van der Waals surface area contributed by atoms with Gasteiger partial charge in [-0.15, -0.1) is 0 Å². The minimum absolute atomic E-state index is 0.121. The third kappa shape index (κ3) is 3.15. The Balaban J connectivity index is 2.30. The molecule has 1 unspecified atom stereocenters. The molecular weight excluding hydrogens is 354 g/mol. The fraction of sp³-hybridized carbons (Fsp3) is 0.222. The Bertz CT molecular complexity index is 1140. The highest BCUT2D eigenvalue weighted by Gasteiger charge is 2.14. The second-order valence-corrected chi connectivity index (χ2v) is 8.34. The molecule has 0 bridgehead atoms. The Hall–Kier alpha value is -2.87. The van der Waals surface area contributed by atoms with Crippen molar-refractivity contribution >= 4 is 26.4 Å². The number of benzene rings is 1. The third-order valence-corrected chi connectivity index (χ3v) is 4.94. The van der Waals surface area contributed by atoms with E-state index in [2.05, 4.69) is 15.8 Å². The van der Waals surface area contributed by atoms with Crippen molar-refractivity contribution < 1.29 is 13.7 Å². The van der Waals surface area contributed by atoms with Crippen LogP contribution in [0, 0.1) is 0 Å². The Labute approximate surface area is 151 Å². The van der Waals surface area contributed by atoms with Crippen molar-refractivity contribution in [2.75, 3.05) is 20.5 Å². The van der Waals surface area contributed by atoms with Crippen LogP contribution in [0.25, 0.3) is 22.2 Å². The summed E-state index contributed by atoms with van der Waals surface area (Å²) >= 11 is 0. The zero-order valence-corrected chi connectivity index (χ0v) is 15.8. The van der Waals surface area contributed by atoms with Crippen molar-refractivity contribution in [2.45, 2.75) is 5.16 Å². The van der Waals surface area contributed by atoms with Gasteiger partial charge >= 0.3 is 0 Å². The molecule has 136 valence electrons. The van der Waals surface area contributed by atoms with Crippen molar-refractivity contribution in [1.29, 1.82) is 0 Å². The molecule has 0 N–H and O–H groups in total. The molecule has 0 fully saturated rings. The van der Waals surface area contributed by atoms with Crippen molar-refractivity contribution in [3.05, 3.63) is 40.8 Å². The number of pyridine rings is 1. The molecule has 8 heteroatoms. The summed E-state index contributed by atoms with van der Waals surface area (Å²) in [5.74, 6) is 4.75. The smallest absolute Gasteiger partial charge is 0.259 e.